The highest BCUT2D eigenvalue weighted by molar-refractivity contribution is 6.40. The summed E-state index contributed by atoms with van der Waals surface area (Å²) in [5, 5.41) is 5.21. The molecule has 0 unspecified atom stereocenters. The van der Waals surface area contributed by atoms with Crippen LogP contribution < -0.4 is 15.4 Å². The maximum Gasteiger partial charge on any atom is 0.416 e. The summed E-state index contributed by atoms with van der Waals surface area (Å²) in [4.78, 5) is 27.4. The summed E-state index contributed by atoms with van der Waals surface area (Å²) in [5.41, 5.74) is -0.394. The van der Waals surface area contributed by atoms with Crippen molar-refractivity contribution in [2.75, 3.05) is 5.32 Å². The Morgan fingerprint density at radius 3 is 2.41 bits per heavy atom. The number of amides is 2. The van der Waals surface area contributed by atoms with E-state index in [2.05, 4.69) is 15.6 Å². The van der Waals surface area contributed by atoms with E-state index in [1.54, 1.807) is 0 Å². The van der Waals surface area contributed by atoms with Crippen LogP contribution in [0.2, 0.25) is 0 Å². The quantitative estimate of drug-likeness (QED) is 0.366. The number of rotatable bonds is 4. The van der Waals surface area contributed by atoms with Crippen LogP contribution in [0.4, 0.5) is 27.6 Å². The maximum atomic E-state index is 13.5. The van der Waals surface area contributed by atoms with Gasteiger partial charge in [-0.3, -0.25) is 9.59 Å². The van der Waals surface area contributed by atoms with Gasteiger partial charge in [-0.05, 0) is 49.6 Å². The van der Waals surface area contributed by atoms with Crippen LogP contribution in [0.25, 0.3) is 10.9 Å². The SMILES string of the molecule is O=C(Nc1c[nH]c2cc(F)c(F)cc12)C(=O)N[C@H]1CCC[C@@H](Oc2ccc(C(F)(F)F)cc2)C1. The van der Waals surface area contributed by atoms with Crippen molar-refractivity contribution in [1.29, 1.82) is 0 Å². The molecule has 1 heterocycles. The van der Waals surface area contributed by atoms with Crippen molar-refractivity contribution in [2.24, 2.45) is 0 Å². The minimum absolute atomic E-state index is 0.126. The highest BCUT2D eigenvalue weighted by atomic mass is 19.4. The minimum Gasteiger partial charge on any atom is -0.490 e. The smallest absolute Gasteiger partial charge is 0.416 e. The van der Waals surface area contributed by atoms with Crippen LogP contribution in [0, 0.1) is 11.6 Å². The number of hydrogen-bond donors (Lipinski definition) is 3. The fourth-order valence-corrected chi connectivity index (χ4v) is 3.95. The van der Waals surface area contributed by atoms with E-state index in [1.807, 2.05) is 0 Å². The molecule has 2 atom stereocenters. The summed E-state index contributed by atoms with van der Waals surface area (Å²) in [7, 11) is 0. The zero-order valence-corrected chi connectivity index (χ0v) is 17.6. The second-order valence-electron chi connectivity index (χ2n) is 8.07. The van der Waals surface area contributed by atoms with Gasteiger partial charge < -0.3 is 20.4 Å². The summed E-state index contributed by atoms with van der Waals surface area (Å²) in [6, 6.07) is 5.85. The molecule has 4 rings (SSSR count). The number of carbonyl (C=O) groups is 2. The number of alkyl halides is 3. The van der Waals surface area contributed by atoms with Crippen LogP contribution >= 0.6 is 0 Å². The van der Waals surface area contributed by atoms with Gasteiger partial charge in [0.05, 0.1) is 16.8 Å². The second-order valence-corrected chi connectivity index (χ2v) is 8.07. The van der Waals surface area contributed by atoms with Gasteiger partial charge in [0.15, 0.2) is 11.6 Å². The number of halogens is 5. The largest absolute Gasteiger partial charge is 0.490 e. The van der Waals surface area contributed by atoms with Crippen molar-refractivity contribution < 1.29 is 36.3 Å². The summed E-state index contributed by atoms with van der Waals surface area (Å²) < 4.78 is 70.7. The number of carbonyl (C=O) groups excluding carboxylic acids is 2. The molecule has 3 N–H and O–H groups in total. The van der Waals surface area contributed by atoms with E-state index in [1.165, 1.54) is 18.3 Å². The fourth-order valence-electron chi connectivity index (χ4n) is 3.95. The van der Waals surface area contributed by atoms with E-state index >= 15 is 0 Å². The third-order valence-corrected chi connectivity index (χ3v) is 5.62. The zero-order chi connectivity index (χ0) is 24.5. The number of benzene rings is 2. The van der Waals surface area contributed by atoms with Crippen LogP contribution in [-0.2, 0) is 15.8 Å². The van der Waals surface area contributed by atoms with Crippen LogP contribution in [0.1, 0.15) is 31.2 Å². The summed E-state index contributed by atoms with van der Waals surface area (Å²) in [6.45, 7) is 0. The number of aromatic amines is 1. The molecule has 34 heavy (non-hydrogen) atoms. The van der Waals surface area contributed by atoms with E-state index in [9.17, 15) is 31.5 Å². The molecule has 1 aliphatic rings. The fraction of sp³-hybridized carbons (Fsp3) is 0.304. The molecule has 180 valence electrons. The van der Waals surface area contributed by atoms with Gasteiger partial charge in [0, 0.05) is 30.1 Å². The van der Waals surface area contributed by atoms with Crippen molar-refractivity contribution in [3.63, 3.8) is 0 Å². The lowest BCUT2D eigenvalue weighted by molar-refractivity contribution is -0.137. The van der Waals surface area contributed by atoms with Crippen molar-refractivity contribution >= 4 is 28.4 Å². The molecule has 2 amide bonds. The molecule has 0 saturated heterocycles. The molecule has 3 aromatic rings. The molecule has 0 bridgehead atoms. The van der Waals surface area contributed by atoms with Crippen LogP contribution in [0.3, 0.4) is 0 Å². The minimum atomic E-state index is -4.43. The second kappa shape index (κ2) is 9.32. The zero-order valence-electron chi connectivity index (χ0n) is 17.6. The van der Waals surface area contributed by atoms with Crippen molar-refractivity contribution in [2.45, 2.75) is 44.0 Å². The molecule has 1 saturated carbocycles. The topological polar surface area (TPSA) is 83.2 Å². The summed E-state index contributed by atoms with van der Waals surface area (Å²) >= 11 is 0. The molecule has 0 aliphatic heterocycles. The van der Waals surface area contributed by atoms with Crippen molar-refractivity contribution in [3.8, 4) is 5.75 Å². The molecule has 1 fully saturated rings. The molecule has 6 nitrogen and oxygen atoms in total. The van der Waals surface area contributed by atoms with Gasteiger partial charge in [-0.15, -0.1) is 0 Å². The summed E-state index contributed by atoms with van der Waals surface area (Å²) in [5.74, 6) is -3.73. The predicted octanol–water partition coefficient (Wildman–Crippen LogP) is 4.91. The molecule has 11 heteroatoms. The van der Waals surface area contributed by atoms with E-state index in [4.69, 9.17) is 4.74 Å². The first-order valence-electron chi connectivity index (χ1n) is 10.5. The molecular weight excluding hydrogens is 461 g/mol. The maximum absolute atomic E-state index is 13.5. The molecule has 1 aliphatic carbocycles. The normalized spacial score (nSPS) is 18.5. The van der Waals surface area contributed by atoms with Crippen LogP contribution in [0.15, 0.2) is 42.6 Å². The lowest BCUT2D eigenvalue weighted by Crippen LogP contribution is -2.45. The Balaban J connectivity index is 1.33. The summed E-state index contributed by atoms with van der Waals surface area (Å²) in [6.07, 6.45) is -1.14. The number of anilines is 1. The lowest BCUT2D eigenvalue weighted by Gasteiger charge is -2.30. The molecule has 2 aromatic carbocycles. The third kappa shape index (κ3) is 5.29. The monoisotopic (exact) mass is 481 g/mol. The van der Waals surface area contributed by atoms with Crippen LogP contribution in [0.5, 0.6) is 5.75 Å². The first-order valence-corrected chi connectivity index (χ1v) is 10.5. The lowest BCUT2D eigenvalue weighted by atomic mass is 9.92. The third-order valence-electron chi connectivity index (χ3n) is 5.62. The first-order chi connectivity index (χ1) is 16.1. The van der Waals surface area contributed by atoms with Crippen LogP contribution in [-0.4, -0.2) is 28.9 Å². The first kappa shape index (κ1) is 23.5. The van der Waals surface area contributed by atoms with E-state index in [0.29, 0.717) is 25.7 Å². The van der Waals surface area contributed by atoms with Gasteiger partial charge >= 0.3 is 18.0 Å². The average molecular weight is 481 g/mol. The number of fused-ring (bicyclic) bond motifs is 1. The van der Waals surface area contributed by atoms with Crippen molar-refractivity contribution in [3.05, 3.63) is 59.8 Å². The highest BCUT2D eigenvalue weighted by Gasteiger charge is 2.31. The van der Waals surface area contributed by atoms with E-state index < -0.39 is 35.2 Å². The number of aromatic nitrogens is 1. The average Bonchev–Trinajstić information content (AvgIpc) is 3.15. The number of ether oxygens (including phenoxy) is 1. The molecule has 1 aromatic heterocycles. The Morgan fingerprint density at radius 2 is 1.71 bits per heavy atom. The highest BCUT2D eigenvalue weighted by Crippen LogP contribution is 2.31. The van der Waals surface area contributed by atoms with Gasteiger partial charge in [0.2, 0.25) is 0 Å². The van der Waals surface area contributed by atoms with Gasteiger partial charge in [0.25, 0.3) is 0 Å². The Morgan fingerprint density at radius 1 is 1.00 bits per heavy atom. The number of H-pyrrole nitrogens is 1. The number of nitrogens with one attached hydrogen (secondary N) is 3. The van der Waals surface area contributed by atoms with Gasteiger partial charge in [-0.2, -0.15) is 13.2 Å². The Hall–Kier alpha value is -3.63. The Labute approximate surface area is 190 Å². The van der Waals surface area contributed by atoms with Gasteiger partial charge in [-0.1, -0.05) is 0 Å². The van der Waals surface area contributed by atoms with Gasteiger partial charge in [-0.25, -0.2) is 8.78 Å². The number of hydrogen-bond acceptors (Lipinski definition) is 3. The predicted molar refractivity (Wildman–Crippen MR) is 113 cm³/mol. The standard InChI is InChI=1S/C23H20F5N3O3/c24-17-9-16-19(10-18(17)25)29-11-20(16)31-22(33)21(32)30-13-2-1-3-15(8-13)34-14-6-4-12(5-7-14)23(26,27)28/h4-7,9-11,13,15,29H,1-3,8H2,(H,30,32)(H,31,33)/t13-,15+/m0/s1. The van der Waals surface area contributed by atoms with Crippen molar-refractivity contribution in [1.82, 2.24) is 10.3 Å². The van der Waals surface area contributed by atoms with Gasteiger partial charge in [0.1, 0.15) is 11.9 Å². The van der Waals surface area contributed by atoms with E-state index in [-0.39, 0.29) is 34.5 Å². The molecule has 0 radical (unpaired) electrons. The molecular formula is C23H20F5N3O3. The Kier molecular flexibility index (Phi) is 6.45. The Bertz CT molecular complexity index is 1210. The molecule has 0 spiro atoms. The van der Waals surface area contributed by atoms with E-state index in [0.717, 1.165) is 24.3 Å².